The molecule has 5 rings (SSSR count). The van der Waals surface area contributed by atoms with E-state index in [4.69, 9.17) is 4.74 Å². The molecule has 2 aromatic carbocycles. The van der Waals surface area contributed by atoms with Gasteiger partial charge in [-0.05, 0) is 61.9 Å². The Kier molecular flexibility index (Phi) is 3.82. The van der Waals surface area contributed by atoms with E-state index in [2.05, 4.69) is 4.90 Å². The van der Waals surface area contributed by atoms with Crippen molar-refractivity contribution in [3.8, 4) is 5.75 Å². The number of ether oxygens (including phenoxy) is 1. The molecule has 6 nitrogen and oxygen atoms in total. The summed E-state index contributed by atoms with van der Waals surface area (Å²) in [6.45, 7) is 2.00. The number of phenolic OH excluding ortho intramolecular Hbond substituents is 1. The molecule has 0 spiro atoms. The van der Waals surface area contributed by atoms with Crippen LogP contribution in [0.15, 0.2) is 24.3 Å². The lowest BCUT2D eigenvalue weighted by Crippen LogP contribution is -2.30. The maximum Gasteiger partial charge on any atom is 0.339 e. The van der Waals surface area contributed by atoms with Gasteiger partial charge in [-0.25, -0.2) is 9.59 Å². The summed E-state index contributed by atoms with van der Waals surface area (Å²) in [6, 6.07) is 6.34. The van der Waals surface area contributed by atoms with E-state index < -0.39 is 18.0 Å². The summed E-state index contributed by atoms with van der Waals surface area (Å²) in [6.07, 6.45) is 4.12. The number of aryl methyl sites for hydroxylation is 1. The molecule has 0 amide bonds. The number of cyclic esters (lactones) is 1. The fourth-order valence-electron chi connectivity index (χ4n) is 4.79. The number of benzene rings is 2. The number of hydrogen-bond donors (Lipinski definition) is 2. The molecule has 3 aliphatic rings. The molecule has 28 heavy (non-hydrogen) atoms. The number of nitrogens with zero attached hydrogens (tertiary/aromatic N) is 1. The molecule has 0 saturated carbocycles. The van der Waals surface area contributed by atoms with E-state index in [0.29, 0.717) is 16.7 Å². The maximum atomic E-state index is 12.3. The Bertz CT molecular complexity index is 1010. The molecule has 6 heteroatoms. The molecule has 2 aromatic rings. The van der Waals surface area contributed by atoms with Crippen LogP contribution in [0.3, 0.4) is 0 Å². The minimum absolute atomic E-state index is 0.101. The van der Waals surface area contributed by atoms with E-state index in [0.717, 1.165) is 56.4 Å². The van der Waals surface area contributed by atoms with Gasteiger partial charge in [0.25, 0.3) is 0 Å². The third-order valence-corrected chi connectivity index (χ3v) is 6.08. The number of fused-ring (bicyclic) bond motifs is 1. The van der Waals surface area contributed by atoms with Gasteiger partial charge in [-0.15, -0.1) is 0 Å². The van der Waals surface area contributed by atoms with Crippen molar-refractivity contribution < 1.29 is 24.5 Å². The van der Waals surface area contributed by atoms with Crippen LogP contribution in [-0.4, -0.2) is 35.2 Å². The van der Waals surface area contributed by atoms with Gasteiger partial charge >= 0.3 is 11.9 Å². The zero-order valence-electron chi connectivity index (χ0n) is 15.4. The van der Waals surface area contributed by atoms with Crippen LogP contribution in [0.25, 0.3) is 0 Å². The Morgan fingerprint density at radius 1 is 1.07 bits per heavy atom. The van der Waals surface area contributed by atoms with Gasteiger partial charge in [0.2, 0.25) is 0 Å². The number of phenols is 1. The molecule has 0 radical (unpaired) electrons. The van der Waals surface area contributed by atoms with Crippen LogP contribution in [0, 0.1) is 0 Å². The molecular weight excluding hydrogens is 358 g/mol. The molecule has 0 unspecified atom stereocenters. The largest absolute Gasteiger partial charge is 0.507 e. The van der Waals surface area contributed by atoms with Gasteiger partial charge in [0.05, 0.1) is 11.1 Å². The average molecular weight is 379 g/mol. The fourth-order valence-corrected chi connectivity index (χ4v) is 4.79. The Morgan fingerprint density at radius 2 is 1.89 bits per heavy atom. The highest BCUT2D eigenvalue weighted by atomic mass is 16.5. The van der Waals surface area contributed by atoms with Gasteiger partial charge in [-0.3, -0.25) is 0 Å². The van der Waals surface area contributed by atoms with Crippen molar-refractivity contribution in [2.24, 2.45) is 0 Å². The van der Waals surface area contributed by atoms with E-state index in [1.807, 2.05) is 6.07 Å². The second-order valence-corrected chi connectivity index (χ2v) is 7.74. The zero-order chi connectivity index (χ0) is 19.4. The van der Waals surface area contributed by atoms with E-state index in [1.54, 1.807) is 0 Å². The van der Waals surface area contributed by atoms with Crippen molar-refractivity contribution >= 4 is 17.6 Å². The molecule has 1 atom stereocenters. The monoisotopic (exact) mass is 379 g/mol. The quantitative estimate of drug-likeness (QED) is 0.778. The van der Waals surface area contributed by atoms with Gasteiger partial charge in [-0.2, -0.15) is 0 Å². The van der Waals surface area contributed by atoms with Gasteiger partial charge in [-0.1, -0.05) is 0 Å². The van der Waals surface area contributed by atoms with Crippen molar-refractivity contribution in [3.05, 3.63) is 57.6 Å². The first kappa shape index (κ1) is 17.1. The topological polar surface area (TPSA) is 87.1 Å². The lowest BCUT2D eigenvalue weighted by atomic mass is 9.88. The second kappa shape index (κ2) is 6.26. The predicted molar refractivity (Wildman–Crippen MR) is 102 cm³/mol. The average Bonchev–Trinajstić information content (AvgIpc) is 2.88. The molecule has 0 saturated heterocycles. The minimum atomic E-state index is -1.06. The Morgan fingerprint density at radius 3 is 2.71 bits per heavy atom. The molecule has 3 aliphatic heterocycles. The second-order valence-electron chi connectivity index (χ2n) is 7.74. The molecule has 3 heterocycles. The van der Waals surface area contributed by atoms with E-state index in [-0.39, 0.29) is 11.3 Å². The first-order valence-corrected chi connectivity index (χ1v) is 9.75. The summed E-state index contributed by atoms with van der Waals surface area (Å²) in [4.78, 5) is 26.1. The molecule has 0 aliphatic carbocycles. The van der Waals surface area contributed by atoms with E-state index in [1.165, 1.54) is 23.8 Å². The van der Waals surface area contributed by atoms with E-state index >= 15 is 0 Å². The van der Waals surface area contributed by atoms with Crippen LogP contribution in [0.4, 0.5) is 5.69 Å². The standard InChI is InChI=1S/C22H21NO5/c24-19-15-5-3-9-23-8-2-1-4-12(18(15)23)10-17(19)20-16-11-13(21(25)26)6-7-14(16)22(27)28-20/h6-7,10-11,20,24H,1-5,8-9H2,(H,25,26)/t20-/m0/s1. The lowest BCUT2D eigenvalue weighted by Gasteiger charge is -2.33. The van der Waals surface area contributed by atoms with Crippen LogP contribution in [0.1, 0.15) is 68.3 Å². The van der Waals surface area contributed by atoms with Crippen molar-refractivity contribution in [1.82, 2.24) is 0 Å². The van der Waals surface area contributed by atoms with Crippen molar-refractivity contribution in [1.29, 1.82) is 0 Å². The van der Waals surface area contributed by atoms with Crippen LogP contribution in [0.2, 0.25) is 0 Å². The number of esters is 1. The summed E-state index contributed by atoms with van der Waals surface area (Å²) in [5.41, 5.74) is 4.79. The van der Waals surface area contributed by atoms with E-state index in [9.17, 15) is 19.8 Å². The summed E-state index contributed by atoms with van der Waals surface area (Å²) in [5, 5.41) is 20.4. The number of carboxylic acids is 1. The number of aromatic carboxylic acids is 1. The molecule has 0 aromatic heterocycles. The fraction of sp³-hybridized carbons (Fsp3) is 0.364. The van der Waals surface area contributed by atoms with Gasteiger partial charge < -0.3 is 19.8 Å². The number of carboxylic acid groups (broad SMARTS) is 1. The van der Waals surface area contributed by atoms with Crippen LogP contribution < -0.4 is 4.90 Å². The molecule has 0 fully saturated rings. The maximum absolute atomic E-state index is 12.3. The summed E-state index contributed by atoms with van der Waals surface area (Å²) in [7, 11) is 0. The van der Waals surface area contributed by atoms with Crippen molar-refractivity contribution in [3.63, 3.8) is 0 Å². The van der Waals surface area contributed by atoms with Crippen molar-refractivity contribution in [2.45, 2.75) is 38.2 Å². The van der Waals surface area contributed by atoms with Crippen LogP contribution in [-0.2, 0) is 17.6 Å². The Balaban J connectivity index is 1.68. The SMILES string of the molecule is O=C(O)c1ccc2c(c1)[C@@H](c1cc3c4c(c1O)CCCN4CCCC3)OC2=O. The first-order chi connectivity index (χ1) is 13.5. The number of rotatable bonds is 2. The first-order valence-electron chi connectivity index (χ1n) is 9.75. The predicted octanol–water partition coefficient (Wildman–Crippen LogP) is 3.44. The molecular formula is C22H21NO5. The highest BCUT2D eigenvalue weighted by Crippen LogP contribution is 2.47. The molecule has 0 bridgehead atoms. The Hall–Kier alpha value is -3.02. The Labute approximate surface area is 162 Å². The third-order valence-electron chi connectivity index (χ3n) is 6.08. The lowest BCUT2D eigenvalue weighted by molar-refractivity contribution is 0.0452. The van der Waals surface area contributed by atoms with Crippen LogP contribution >= 0.6 is 0 Å². The number of anilines is 1. The minimum Gasteiger partial charge on any atom is -0.507 e. The van der Waals surface area contributed by atoms with Gasteiger partial charge in [0.15, 0.2) is 6.10 Å². The van der Waals surface area contributed by atoms with Gasteiger partial charge in [0.1, 0.15) is 5.75 Å². The zero-order valence-corrected chi connectivity index (χ0v) is 15.4. The highest BCUT2D eigenvalue weighted by Gasteiger charge is 2.37. The highest BCUT2D eigenvalue weighted by molar-refractivity contribution is 5.97. The number of aromatic hydroxyl groups is 1. The molecule has 144 valence electrons. The number of hydrogen-bond acceptors (Lipinski definition) is 5. The number of carbonyl (C=O) groups is 2. The van der Waals surface area contributed by atoms with Crippen molar-refractivity contribution in [2.75, 3.05) is 18.0 Å². The van der Waals surface area contributed by atoms with Crippen LogP contribution in [0.5, 0.6) is 5.75 Å². The normalized spacial score (nSPS) is 20.2. The molecule has 2 N–H and O–H groups in total. The summed E-state index contributed by atoms with van der Waals surface area (Å²) >= 11 is 0. The number of carbonyl (C=O) groups excluding carboxylic acids is 1. The summed E-state index contributed by atoms with van der Waals surface area (Å²) in [5.74, 6) is -1.36. The third kappa shape index (κ3) is 2.47. The summed E-state index contributed by atoms with van der Waals surface area (Å²) < 4.78 is 5.59. The smallest absolute Gasteiger partial charge is 0.339 e. The van der Waals surface area contributed by atoms with Gasteiger partial charge in [0, 0.05) is 35.5 Å².